The van der Waals surface area contributed by atoms with E-state index in [1.54, 1.807) is 43.4 Å². The van der Waals surface area contributed by atoms with E-state index in [0.717, 1.165) is 5.56 Å². The summed E-state index contributed by atoms with van der Waals surface area (Å²) in [5.74, 6) is 0.295. The van der Waals surface area contributed by atoms with Crippen LogP contribution < -0.4 is 15.7 Å². The van der Waals surface area contributed by atoms with E-state index in [0.29, 0.717) is 22.6 Å². The molecule has 0 unspecified atom stereocenters. The molecule has 2 N–H and O–H groups in total. The molecule has 3 aromatic rings. The maximum absolute atomic E-state index is 12.7. The Morgan fingerprint density at radius 1 is 0.962 bits per heavy atom. The van der Waals surface area contributed by atoms with Crippen molar-refractivity contribution in [3.63, 3.8) is 0 Å². The number of benzene rings is 2. The van der Waals surface area contributed by atoms with Crippen molar-refractivity contribution < 1.29 is 12.8 Å². The van der Waals surface area contributed by atoms with Crippen LogP contribution in [0.1, 0.15) is 25.3 Å². The molecule has 0 spiro atoms. The van der Waals surface area contributed by atoms with Gasteiger partial charge in [0.25, 0.3) is 10.0 Å². The Hall–Kier alpha value is -2.80. The molecule has 26 heavy (non-hydrogen) atoms. The van der Waals surface area contributed by atoms with Crippen LogP contribution in [-0.4, -0.2) is 15.5 Å². The van der Waals surface area contributed by atoms with Crippen LogP contribution in [0.15, 0.2) is 62.6 Å². The quantitative estimate of drug-likeness (QED) is 0.666. The first-order valence-electron chi connectivity index (χ1n) is 8.20. The zero-order valence-corrected chi connectivity index (χ0v) is 15.6. The molecule has 1 heterocycles. The smallest absolute Gasteiger partial charge is 0.363 e. The van der Waals surface area contributed by atoms with Crippen LogP contribution in [0.3, 0.4) is 0 Å². The van der Waals surface area contributed by atoms with Gasteiger partial charge in [0.05, 0.1) is 10.6 Å². The summed E-state index contributed by atoms with van der Waals surface area (Å²) >= 11 is 0. The molecular weight excluding hydrogens is 352 g/mol. The van der Waals surface area contributed by atoms with E-state index in [9.17, 15) is 13.2 Å². The fraction of sp³-hybridized carbons (Fsp3) is 0.211. The third-order valence-corrected chi connectivity index (χ3v) is 5.52. The Labute approximate surface area is 151 Å². The van der Waals surface area contributed by atoms with Crippen LogP contribution in [0.5, 0.6) is 0 Å². The van der Waals surface area contributed by atoms with Gasteiger partial charge in [0.15, 0.2) is 5.69 Å². The SMILES string of the molecule is CNc1c(NS(=O)(=O)c2ccc(C(C)C)cc2)c(=O)oc2ccccc12. The van der Waals surface area contributed by atoms with E-state index in [4.69, 9.17) is 4.42 Å². The normalized spacial score (nSPS) is 11.7. The Kier molecular flexibility index (Phi) is 4.73. The van der Waals surface area contributed by atoms with Crippen molar-refractivity contribution in [2.24, 2.45) is 0 Å². The predicted molar refractivity (Wildman–Crippen MR) is 103 cm³/mol. The third kappa shape index (κ3) is 3.30. The van der Waals surface area contributed by atoms with Gasteiger partial charge in [-0.25, -0.2) is 13.2 Å². The van der Waals surface area contributed by atoms with Crippen LogP contribution in [0.2, 0.25) is 0 Å². The van der Waals surface area contributed by atoms with E-state index in [1.165, 1.54) is 12.1 Å². The van der Waals surface area contributed by atoms with Gasteiger partial charge in [0, 0.05) is 12.4 Å². The highest BCUT2D eigenvalue weighted by Crippen LogP contribution is 2.29. The summed E-state index contributed by atoms with van der Waals surface area (Å²) in [6.07, 6.45) is 0. The van der Waals surface area contributed by atoms with Gasteiger partial charge >= 0.3 is 5.63 Å². The molecule has 0 aliphatic heterocycles. The molecule has 136 valence electrons. The van der Waals surface area contributed by atoms with Crippen molar-refractivity contribution in [1.29, 1.82) is 0 Å². The second kappa shape index (κ2) is 6.84. The van der Waals surface area contributed by atoms with Gasteiger partial charge in [-0.1, -0.05) is 38.1 Å². The molecular formula is C19H20N2O4S. The number of anilines is 2. The number of hydrogen-bond acceptors (Lipinski definition) is 5. The van der Waals surface area contributed by atoms with E-state index < -0.39 is 15.6 Å². The van der Waals surface area contributed by atoms with E-state index in [-0.39, 0.29) is 10.6 Å². The Bertz CT molecular complexity index is 1100. The Balaban J connectivity index is 2.07. The lowest BCUT2D eigenvalue weighted by Crippen LogP contribution is -2.20. The molecule has 0 radical (unpaired) electrons. The first-order valence-corrected chi connectivity index (χ1v) is 9.68. The fourth-order valence-electron chi connectivity index (χ4n) is 2.73. The van der Waals surface area contributed by atoms with Crippen LogP contribution in [0.4, 0.5) is 11.4 Å². The van der Waals surface area contributed by atoms with Gasteiger partial charge in [-0.15, -0.1) is 0 Å². The van der Waals surface area contributed by atoms with Gasteiger partial charge in [0.1, 0.15) is 5.58 Å². The molecule has 0 fully saturated rings. The molecule has 0 aliphatic rings. The lowest BCUT2D eigenvalue weighted by molar-refractivity contribution is 0.563. The molecule has 0 aliphatic carbocycles. The molecule has 0 saturated carbocycles. The van der Waals surface area contributed by atoms with Crippen LogP contribution in [0.25, 0.3) is 11.0 Å². The van der Waals surface area contributed by atoms with Crippen LogP contribution in [-0.2, 0) is 10.0 Å². The lowest BCUT2D eigenvalue weighted by Gasteiger charge is -2.13. The number of hydrogen-bond donors (Lipinski definition) is 2. The third-order valence-electron chi connectivity index (χ3n) is 4.16. The molecule has 3 rings (SSSR count). The van der Waals surface area contributed by atoms with Gasteiger partial charge < -0.3 is 9.73 Å². The second-order valence-corrected chi connectivity index (χ2v) is 7.90. The standard InChI is InChI=1S/C19H20N2O4S/c1-12(2)13-8-10-14(11-9-13)26(23,24)21-18-17(20-3)15-6-4-5-7-16(15)25-19(18)22/h4-12,20-21H,1-3H3. The van der Waals surface area contributed by atoms with Crippen molar-refractivity contribution in [1.82, 2.24) is 0 Å². The average Bonchev–Trinajstić information content (AvgIpc) is 2.62. The summed E-state index contributed by atoms with van der Waals surface area (Å²) in [5, 5.41) is 3.50. The molecule has 0 atom stereocenters. The van der Waals surface area contributed by atoms with Crippen molar-refractivity contribution in [3.8, 4) is 0 Å². The summed E-state index contributed by atoms with van der Waals surface area (Å²) in [4.78, 5) is 12.4. The maximum Gasteiger partial charge on any atom is 0.363 e. The minimum absolute atomic E-state index is 0.0801. The zero-order chi connectivity index (χ0) is 18.9. The topological polar surface area (TPSA) is 88.4 Å². The highest BCUT2D eigenvalue weighted by atomic mass is 32.2. The van der Waals surface area contributed by atoms with Crippen molar-refractivity contribution >= 4 is 32.4 Å². The lowest BCUT2D eigenvalue weighted by atomic mass is 10.0. The Morgan fingerprint density at radius 3 is 2.23 bits per heavy atom. The van der Waals surface area contributed by atoms with Gasteiger partial charge in [0.2, 0.25) is 0 Å². The first-order chi connectivity index (χ1) is 12.3. The first kappa shape index (κ1) is 18.0. The van der Waals surface area contributed by atoms with Gasteiger partial charge in [-0.2, -0.15) is 0 Å². The summed E-state index contributed by atoms with van der Waals surface area (Å²) in [5.41, 5.74) is 0.893. The fourth-order valence-corrected chi connectivity index (χ4v) is 3.79. The molecule has 0 amide bonds. The predicted octanol–water partition coefficient (Wildman–Crippen LogP) is 3.76. The second-order valence-electron chi connectivity index (χ2n) is 6.21. The van der Waals surface area contributed by atoms with E-state index in [1.807, 2.05) is 13.8 Å². The average molecular weight is 372 g/mol. The summed E-state index contributed by atoms with van der Waals surface area (Å²) in [6, 6.07) is 13.5. The summed E-state index contributed by atoms with van der Waals surface area (Å²) < 4.78 is 33.1. The minimum atomic E-state index is -3.93. The van der Waals surface area contributed by atoms with Crippen molar-refractivity contribution in [2.75, 3.05) is 17.1 Å². The molecule has 6 nitrogen and oxygen atoms in total. The molecule has 0 saturated heterocycles. The van der Waals surface area contributed by atoms with E-state index in [2.05, 4.69) is 10.0 Å². The van der Waals surface area contributed by atoms with Crippen LogP contribution in [0, 0.1) is 0 Å². The molecule has 7 heteroatoms. The number of para-hydroxylation sites is 1. The monoisotopic (exact) mass is 372 g/mol. The zero-order valence-electron chi connectivity index (χ0n) is 14.7. The Morgan fingerprint density at radius 2 is 1.62 bits per heavy atom. The largest absolute Gasteiger partial charge is 0.421 e. The number of fused-ring (bicyclic) bond motifs is 1. The number of nitrogens with one attached hydrogen (secondary N) is 2. The minimum Gasteiger partial charge on any atom is -0.421 e. The highest BCUT2D eigenvalue weighted by Gasteiger charge is 2.21. The number of rotatable bonds is 5. The summed E-state index contributed by atoms with van der Waals surface area (Å²) in [7, 11) is -2.31. The molecule has 2 aromatic carbocycles. The van der Waals surface area contributed by atoms with E-state index >= 15 is 0 Å². The van der Waals surface area contributed by atoms with Gasteiger partial charge in [-0.3, -0.25) is 4.72 Å². The highest BCUT2D eigenvalue weighted by molar-refractivity contribution is 7.92. The molecule has 0 bridgehead atoms. The maximum atomic E-state index is 12.7. The molecule has 1 aromatic heterocycles. The van der Waals surface area contributed by atoms with Gasteiger partial charge in [-0.05, 0) is 35.7 Å². The van der Waals surface area contributed by atoms with Crippen LogP contribution >= 0.6 is 0 Å². The van der Waals surface area contributed by atoms with Crippen molar-refractivity contribution in [2.45, 2.75) is 24.7 Å². The number of sulfonamides is 1. The summed E-state index contributed by atoms with van der Waals surface area (Å²) in [6.45, 7) is 4.06. The van der Waals surface area contributed by atoms with Crippen molar-refractivity contribution in [3.05, 3.63) is 64.5 Å².